The van der Waals surface area contributed by atoms with Crippen LogP contribution in [-0.2, 0) is 0 Å². The van der Waals surface area contributed by atoms with Crippen molar-refractivity contribution in [3.05, 3.63) is 56.8 Å². The van der Waals surface area contributed by atoms with E-state index in [1.165, 1.54) is 6.07 Å². The summed E-state index contributed by atoms with van der Waals surface area (Å²) in [4.78, 5) is 12.1. The number of hydrogen-bond acceptors (Lipinski definition) is 2. The Hall–Kier alpha value is -1.49. The third-order valence-electron chi connectivity index (χ3n) is 2.52. The Balaban J connectivity index is 2.36. The van der Waals surface area contributed by atoms with Crippen molar-refractivity contribution in [1.82, 2.24) is 0 Å². The van der Waals surface area contributed by atoms with Crippen LogP contribution in [0.2, 0.25) is 15.1 Å². The van der Waals surface area contributed by atoms with E-state index in [0.29, 0.717) is 0 Å². The topological polar surface area (TPSA) is 55.1 Å². The molecule has 0 aliphatic heterocycles. The van der Waals surface area contributed by atoms with Crippen molar-refractivity contribution >= 4 is 52.1 Å². The number of halogens is 4. The molecule has 104 valence electrons. The van der Waals surface area contributed by atoms with Crippen LogP contribution in [0.3, 0.4) is 0 Å². The zero-order valence-corrected chi connectivity index (χ0v) is 12.2. The van der Waals surface area contributed by atoms with Gasteiger partial charge in [-0.1, -0.05) is 40.9 Å². The number of anilines is 2. The van der Waals surface area contributed by atoms with Crippen LogP contribution in [0.15, 0.2) is 30.3 Å². The lowest BCUT2D eigenvalue weighted by Crippen LogP contribution is -2.14. The summed E-state index contributed by atoms with van der Waals surface area (Å²) in [5.74, 6) is -1.14. The van der Waals surface area contributed by atoms with E-state index in [2.05, 4.69) is 5.32 Å². The predicted molar refractivity (Wildman–Crippen MR) is 80.2 cm³/mol. The Kier molecular flexibility index (Phi) is 4.38. The van der Waals surface area contributed by atoms with Gasteiger partial charge in [0.15, 0.2) is 0 Å². The third-order valence-corrected chi connectivity index (χ3v) is 3.54. The summed E-state index contributed by atoms with van der Waals surface area (Å²) in [6.07, 6.45) is 0. The quantitative estimate of drug-likeness (QED) is 0.788. The van der Waals surface area contributed by atoms with Gasteiger partial charge in [-0.3, -0.25) is 4.79 Å². The van der Waals surface area contributed by atoms with Crippen molar-refractivity contribution in [2.75, 3.05) is 11.1 Å². The molecule has 2 aromatic rings. The summed E-state index contributed by atoms with van der Waals surface area (Å²) in [6.45, 7) is 0. The van der Waals surface area contributed by atoms with E-state index in [0.717, 1.165) is 12.1 Å². The molecule has 2 aromatic carbocycles. The molecule has 3 nitrogen and oxygen atoms in total. The summed E-state index contributed by atoms with van der Waals surface area (Å²) < 4.78 is 13.1. The lowest BCUT2D eigenvalue weighted by Gasteiger charge is -2.11. The van der Waals surface area contributed by atoms with Gasteiger partial charge < -0.3 is 11.1 Å². The highest BCUT2D eigenvalue weighted by molar-refractivity contribution is 6.41. The lowest BCUT2D eigenvalue weighted by molar-refractivity contribution is 0.102. The SMILES string of the molecule is Nc1cccc(C(=O)Nc2c(Cl)cc(F)cc2Cl)c1Cl. The Morgan fingerprint density at radius 2 is 1.75 bits per heavy atom. The minimum absolute atomic E-state index is 0.0108. The smallest absolute Gasteiger partial charge is 0.257 e. The number of carbonyl (C=O) groups is 1. The third kappa shape index (κ3) is 2.98. The highest BCUT2D eigenvalue weighted by atomic mass is 35.5. The Labute approximate surface area is 129 Å². The van der Waals surface area contributed by atoms with Crippen LogP contribution in [0, 0.1) is 5.82 Å². The van der Waals surface area contributed by atoms with Crippen molar-refractivity contribution in [3.8, 4) is 0 Å². The minimum atomic E-state index is -0.597. The average Bonchev–Trinajstić information content (AvgIpc) is 2.36. The normalized spacial score (nSPS) is 10.4. The largest absolute Gasteiger partial charge is 0.398 e. The van der Waals surface area contributed by atoms with Crippen LogP contribution in [0.5, 0.6) is 0 Å². The van der Waals surface area contributed by atoms with Gasteiger partial charge in [-0.25, -0.2) is 4.39 Å². The molecule has 0 bridgehead atoms. The molecule has 1 amide bonds. The van der Waals surface area contributed by atoms with Crippen molar-refractivity contribution in [2.45, 2.75) is 0 Å². The number of amides is 1. The highest BCUT2D eigenvalue weighted by Gasteiger charge is 2.16. The molecule has 0 saturated carbocycles. The first-order chi connectivity index (χ1) is 9.40. The van der Waals surface area contributed by atoms with Gasteiger partial charge in [-0.15, -0.1) is 0 Å². The first-order valence-corrected chi connectivity index (χ1v) is 6.53. The van der Waals surface area contributed by atoms with Gasteiger partial charge in [-0.2, -0.15) is 0 Å². The van der Waals surface area contributed by atoms with Crippen LogP contribution < -0.4 is 11.1 Å². The molecule has 0 fully saturated rings. The Bertz CT molecular complexity index is 668. The van der Waals surface area contributed by atoms with Gasteiger partial charge in [0.1, 0.15) is 5.82 Å². The van der Waals surface area contributed by atoms with E-state index in [1.807, 2.05) is 0 Å². The standard InChI is InChI=1S/C13H8Cl3FN2O/c14-8-4-6(17)5-9(15)12(8)19-13(20)7-2-1-3-10(18)11(7)16/h1-5H,18H2,(H,19,20). The molecule has 0 saturated heterocycles. The molecule has 0 unspecified atom stereocenters. The van der Waals surface area contributed by atoms with Crippen molar-refractivity contribution in [2.24, 2.45) is 0 Å². The molecule has 3 N–H and O–H groups in total. The number of benzene rings is 2. The zero-order chi connectivity index (χ0) is 14.9. The van der Waals surface area contributed by atoms with Crippen LogP contribution in [-0.4, -0.2) is 5.91 Å². The van der Waals surface area contributed by atoms with Crippen molar-refractivity contribution in [1.29, 1.82) is 0 Å². The second-order valence-corrected chi connectivity index (χ2v) is 5.10. The van der Waals surface area contributed by atoms with Gasteiger partial charge >= 0.3 is 0 Å². The maximum Gasteiger partial charge on any atom is 0.257 e. The van der Waals surface area contributed by atoms with Crippen LogP contribution in [0.4, 0.5) is 15.8 Å². The number of hydrogen-bond donors (Lipinski definition) is 2. The van der Waals surface area contributed by atoms with Gasteiger partial charge in [0, 0.05) is 0 Å². The molecule has 20 heavy (non-hydrogen) atoms. The van der Waals surface area contributed by atoms with E-state index < -0.39 is 11.7 Å². The van der Waals surface area contributed by atoms with Crippen molar-refractivity contribution < 1.29 is 9.18 Å². The fraction of sp³-hybridized carbons (Fsp3) is 0. The van der Waals surface area contributed by atoms with Crippen LogP contribution in [0.1, 0.15) is 10.4 Å². The fourth-order valence-electron chi connectivity index (χ4n) is 1.57. The first-order valence-electron chi connectivity index (χ1n) is 5.40. The van der Waals surface area contributed by atoms with E-state index in [-0.39, 0.29) is 32.0 Å². The molecule has 0 aliphatic carbocycles. The molecule has 7 heteroatoms. The fourth-order valence-corrected chi connectivity index (χ4v) is 2.33. The molecule has 0 spiro atoms. The summed E-state index contributed by atoms with van der Waals surface area (Å²) in [5.41, 5.74) is 6.17. The molecule has 2 rings (SSSR count). The zero-order valence-electron chi connectivity index (χ0n) is 9.88. The van der Waals surface area contributed by atoms with Gasteiger partial charge in [0.25, 0.3) is 5.91 Å². The molecule has 0 heterocycles. The number of rotatable bonds is 2. The van der Waals surface area contributed by atoms with Gasteiger partial charge in [-0.05, 0) is 24.3 Å². The summed E-state index contributed by atoms with van der Waals surface area (Å²) in [7, 11) is 0. The van der Waals surface area contributed by atoms with E-state index in [1.54, 1.807) is 12.1 Å². The minimum Gasteiger partial charge on any atom is -0.398 e. The first kappa shape index (κ1) is 14.9. The highest BCUT2D eigenvalue weighted by Crippen LogP contribution is 2.32. The summed E-state index contributed by atoms with van der Waals surface area (Å²) >= 11 is 17.6. The van der Waals surface area contributed by atoms with Gasteiger partial charge in [0.2, 0.25) is 0 Å². The molecule has 0 atom stereocenters. The van der Waals surface area contributed by atoms with E-state index >= 15 is 0 Å². The molecular weight excluding hydrogens is 326 g/mol. The molecule has 0 aliphatic rings. The van der Waals surface area contributed by atoms with E-state index in [4.69, 9.17) is 40.5 Å². The second-order valence-electron chi connectivity index (χ2n) is 3.91. The molecule has 0 radical (unpaired) electrons. The average molecular weight is 334 g/mol. The number of nitrogens with one attached hydrogen (secondary N) is 1. The maximum absolute atomic E-state index is 13.1. The van der Waals surface area contributed by atoms with Crippen molar-refractivity contribution in [3.63, 3.8) is 0 Å². The predicted octanol–water partition coefficient (Wildman–Crippen LogP) is 4.62. The second kappa shape index (κ2) is 5.87. The summed E-state index contributed by atoms with van der Waals surface area (Å²) in [5, 5.41) is 2.58. The summed E-state index contributed by atoms with van der Waals surface area (Å²) in [6, 6.07) is 6.74. The van der Waals surface area contributed by atoms with E-state index in [9.17, 15) is 9.18 Å². The number of nitrogens with two attached hydrogens (primary N) is 1. The Morgan fingerprint density at radius 1 is 1.15 bits per heavy atom. The molecular formula is C13H8Cl3FN2O. The van der Waals surface area contributed by atoms with Crippen LogP contribution >= 0.6 is 34.8 Å². The lowest BCUT2D eigenvalue weighted by atomic mass is 10.2. The maximum atomic E-state index is 13.1. The molecule has 0 aromatic heterocycles. The monoisotopic (exact) mass is 332 g/mol. The van der Waals surface area contributed by atoms with Crippen LogP contribution in [0.25, 0.3) is 0 Å². The number of nitrogen functional groups attached to an aromatic ring is 1. The van der Waals surface area contributed by atoms with Gasteiger partial charge in [0.05, 0.1) is 32.0 Å². The Morgan fingerprint density at radius 3 is 2.35 bits per heavy atom. The number of carbonyl (C=O) groups excluding carboxylic acids is 1.